The summed E-state index contributed by atoms with van der Waals surface area (Å²) in [5.41, 5.74) is 8.37. The van der Waals surface area contributed by atoms with Crippen molar-refractivity contribution >= 4 is 0 Å². The molecule has 0 saturated carbocycles. The first-order valence-corrected chi connectivity index (χ1v) is 6.78. The topological polar surface area (TPSA) is 35.2 Å². The average molecular weight is 233 g/mol. The summed E-state index contributed by atoms with van der Waals surface area (Å²) in [5, 5.41) is 0. The Hall–Kier alpha value is -0.860. The van der Waals surface area contributed by atoms with Crippen molar-refractivity contribution in [3.05, 3.63) is 35.4 Å². The molecule has 17 heavy (non-hydrogen) atoms. The zero-order chi connectivity index (χ0) is 12.1. The van der Waals surface area contributed by atoms with E-state index in [-0.39, 0.29) is 12.2 Å². The molecule has 0 amide bonds. The number of nitrogens with two attached hydrogens (primary N) is 1. The fourth-order valence-electron chi connectivity index (χ4n) is 2.40. The van der Waals surface area contributed by atoms with E-state index in [4.69, 9.17) is 10.5 Å². The second-order valence-electron chi connectivity index (χ2n) is 4.90. The minimum absolute atomic E-state index is 0.264. The Balaban J connectivity index is 1.94. The van der Waals surface area contributed by atoms with E-state index in [0.29, 0.717) is 6.54 Å². The van der Waals surface area contributed by atoms with Gasteiger partial charge in [-0.1, -0.05) is 37.6 Å². The minimum atomic E-state index is 0.264. The van der Waals surface area contributed by atoms with E-state index in [2.05, 4.69) is 31.2 Å². The molecule has 1 fully saturated rings. The number of benzene rings is 1. The average Bonchev–Trinajstić information content (AvgIpc) is 2.86. The fraction of sp³-hybridized carbons (Fsp3) is 0.600. The summed E-state index contributed by atoms with van der Waals surface area (Å²) in [6.45, 7) is 2.87. The zero-order valence-electron chi connectivity index (χ0n) is 10.7. The summed E-state index contributed by atoms with van der Waals surface area (Å²) in [7, 11) is 0. The third kappa shape index (κ3) is 3.30. The smallest absolute Gasteiger partial charge is 0.0830 e. The largest absolute Gasteiger partial charge is 0.369 e. The summed E-state index contributed by atoms with van der Waals surface area (Å²) in [5.74, 6) is 0. The molecular weight excluding hydrogens is 210 g/mol. The molecule has 0 aliphatic carbocycles. The Morgan fingerprint density at radius 3 is 2.59 bits per heavy atom. The van der Waals surface area contributed by atoms with Gasteiger partial charge in [0, 0.05) is 6.54 Å². The van der Waals surface area contributed by atoms with Gasteiger partial charge in [-0.15, -0.1) is 0 Å². The van der Waals surface area contributed by atoms with Crippen molar-refractivity contribution in [3.63, 3.8) is 0 Å². The minimum Gasteiger partial charge on any atom is -0.369 e. The second-order valence-corrected chi connectivity index (χ2v) is 4.90. The molecule has 2 atom stereocenters. The van der Waals surface area contributed by atoms with Gasteiger partial charge in [0.05, 0.1) is 12.2 Å². The monoisotopic (exact) mass is 233 g/mol. The van der Waals surface area contributed by atoms with E-state index in [1.165, 1.54) is 30.4 Å². The first kappa shape index (κ1) is 12.6. The maximum absolute atomic E-state index is 5.89. The molecule has 0 radical (unpaired) electrons. The molecule has 1 heterocycles. The maximum atomic E-state index is 5.89. The van der Waals surface area contributed by atoms with Crippen LogP contribution in [0.3, 0.4) is 0 Å². The van der Waals surface area contributed by atoms with Crippen LogP contribution in [-0.2, 0) is 11.2 Å². The van der Waals surface area contributed by atoms with Crippen LogP contribution in [0.1, 0.15) is 49.8 Å². The molecule has 2 unspecified atom stereocenters. The van der Waals surface area contributed by atoms with Gasteiger partial charge < -0.3 is 10.5 Å². The first-order valence-electron chi connectivity index (χ1n) is 6.78. The third-order valence-corrected chi connectivity index (χ3v) is 3.54. The lowest BCUT2D eigenvalue weighted by molar-refractivity contribution is 0.0498. The lowest BCUT2D eigenvalue weighted by atomic mass is 10.0. The van der Waals surface area contributed by atoms with E-state index in [1.54, 1.807) is 0 Å². The quantitative estimate of drug-likeness (QED) is 0.847. The SMILES string of the molecule is CCCCc1ccc(C2CCC(CN)O2)cc1. The van der Waals surface area contributed by atoms with Gasteiger partial charge in [0.25, 0.3) is 0 Å². The standard InChI is InChI=1S/C15H23NO/c1-2-3-4-12-5-7-13(8-6-12)15-10-9-14(11-16)17-15/h5-8,14-15H,2-4,9-11,16H2,1H3. The van der Waals surface area contributed by atoms with Gasteiger partial charge in [0.1, 0.15) is 0 Å². The van der Waals surface area contributed by atoms with E-state index in [9.17, 15) is 0 Å². The summed E-state index contributed by atoms with van der Waals surface area (Å²) >= 11 is 0. The van der Waals surface area contributed by atoms with Crippen molar-refractivity contribution in [2.75, 3.05) is 6.54 Å². The van der Waals surface area contributed by atoms with Crippen LogP contribution in [0.5, 0.6) is 0 Å². The van der Waals surface area contributed by atoms with Crippen LogP contribution in [0.2, 0.25) is 0 Å². The van der Waals surface area contributed by atoms with Crippen molar-refractivity contribution in [3.8, 4) is 0 Å². The van der Waals surface area contributed by atoms with Crippen LogP contribution in [0.15, 0.2) is 24.3 Å². The Bertz CT molecular complexity index is 333. The Morgan fingerprint density at radius 1 is 1.24 bits per heavy atom. The van der Waals surface area contributed by atoms with Crippen LogP contribution in [0, 0.1) is 0 Å². The van der Waals surface area contributed by atoms with Crippen LogP contribution in [0.4, 0.5) is 0 Å². The van der Waals surface area contributed by atoms with Gasteiger partial charge >= 0.3 is 0 Å². The van der Waals surface area contributed by atoms with Crippen LogP contribution >= 0.6 is 0 Å². The molecular formula is C15H23NO. The molecule has 2 N–H and O–H groups in total. The molecule has 0 aromatic heterocycles. The molecule has 1 aliphatic rings. The highest BCUT2D eigenvalue weighted by Crippen LogP contribution is 2.32. The number of rotatable bonds is 5. The third-order valence-electron chi connectivity index (χ3n) is 3.54. The Kier molecular flexibility index (Phi) is 4.57. The highest BCUT2D eigenvalue weighted by molar-refractivity contribution is 5.25. The number of unbranched alkanes of at least 4 members (excludes halogenated alkanes) is 1. The molecule has 0 bridgehead atoms. The Labute approximate surface area is 104 Å². The van der Waals surface area contributed by atoms with Gasteiger partial charge in [-0.2, -0.15) is 0 Å². The van der Waals surface area contributed by atoms with Crippen LogP contribution in [0.25, 0.3) is 0 Å². The van der Waals surface area contributed by atoms with E-state index in [1.807, 2.05) is 0 Å². The molecule has 1 aliphatic heterocycles. The number of hydrogen-bond donors (Lipinski definition) is 1. The van der Waals surface area contributed by atoms with Crippen molar-refractivity contribution in [2.24, 2.45) is 5.73 Å². The van der Waals surface area contributed by atoms with Crippen LogP contribution in [-0.4, -0.2) is 12.6 Å². The molecule has 1 aromatic rings. The number of hydrogen-bond acceptors (Lipinski definition) is 2. The van der Waals surface area contributed by atoms with E-state index in [0.717, 1.165) is 12.8 Å². The predicted molar refractivity (Wildman–Crippen MR) is 71.0 cm³/mol. The van der Waals surface area contributed by atoms with Gasteiger partial charge in [-0.05, 0) is 36.8 Å². The predicted octanol–water partition coefficient (Wildman–Crippen LogP) is 3.21. The highest BCUT2D eigenvalue weighted by atomic mass is 16.5. The van der Waals surface area contributed by atoms with Gasteiger partial charge in [0.2, 0.25) is 0 Å². The van der Waals surface area contributed by atoms with E-state index >= 15 is 0 Å². The van der Waals surface area contributed by atoms with E-state index < -0.39 is 0 Å². The van der Waals surface area contributed by atoms with Crippen molar-refractivity contribution < 1.29 is 4.74 Å². The summed E-state index contributed by atoms with van der Waals surface area (Å²) in [6.07, 6.45) is 6.45. The Morgan fingerprint density at radius 2 is 2.00 bits per heavy atom. The molecule has 2 rings (SSSR count). The van der Waals surface area contributed by atoms with Gasteiger partial charge in [0.15, 0.2) is 0 Å². The van der Waals surface area contributed by atoms with Gasteiger partial charge in [-0.3, -0.25) is 0 Å². The van der Waals surface area contributed by atoms with Crippen LogP contribution < -0.4 is 5.73 Å². The normalized spacial score (nSPS) is 24.1. The summed E-state index contributed by atoms with van der Waals surface area (Å²) < 4.78 is 5.89. The molecule has 1 aromatic carbocycles. The number of ether oxygens (including phenoxy) is 1. The molecule has 2 nitrogen and oxygen atoms in total. The lowest BCUT2D eigenvalue weighted by Crippen LogP contribution is -2.18. The fourth-order valence-corrected chi connectivity index (χ4v) is 2.40. The van der Waals surface area contributed by atoms with Crippen molar-refractivity contribution in [2.45, 2.75) is 51.2 Å². The maximum Gasteiger partial charge on any atom is 0.0830 e. The molecule has 2 heteroatoms. The molecule has 0 spiro atoms. The van der Waals surface area contributed by atoms with Crippen molar-refractivity contribution in [1.29, 1.82) is 0 Å². The summed E-state index contributed by atoms with van der Waals surface area (Å²) in [4.78, 5) is 0. The second kappa shape index (κ2) is 6.18. The summed E-state index contributed by atoms with van der Waals surface area (Å²) in [6, 6.07) is 8.91. The zero-order valence-corrected chi connectivity index (χ0v) is 10.7. The lowest BCUT2D eigenvalue weighted by Gasteiger charge is -2.13. The first-order chi connectivity index (χ1) is 8.33. The van der Waals surface area contributed by atoms with Crippen molar-refractivity contribution in [1.82, 2.24) is 0 Å². The molecule has 1 saturated heterocycles. The molecule has 94 valence electrons. The highest BCUT2D eigenvalue weighted by Gasteiger charge is 2.25. The number of aryl methyl sites for hydroxylation is 1. The van der Waals surface area contributed by atoms with Gasteiger partial charge in [-0.25, -0.2) is 0 Å².